The summed E-state index contributed by atoms with van der Waals surface area (Å²) in [4.78, 5) is 24.3. The fourth-order valence-electron chi connectivity index (χ4n) is 2.84. The average molecular weight is 432 g/mol. The maximum absolute atomic E-state index is 12.2. The van der Waals surface area contributed by atoms with Gasteiger partial charge in [0.15, 0.2) is 11.5 Å². The van der Waals surface area contributed by atoms with Crippen molar-refractivity contribution in [2.75, 3.05) is 13.7 Å². The van der Waals surface area contributed by atoms with Gasteiger partial charge >= 0.3 is 11.9 Å². The van der Waals surface area contributed by atoms with Crippen molar-refractivity contribution in [1.29, 1.82) is 0 Å². The molecule has 0 bridgehead atoms. The number of benzene rings is 3. The molecular weight excluding hydrogens is 408 g/mol. The first kappa shape index (κ1) is 22.6. The van der Waals surface area contributed by atoms with Crippen LogP contribution in [0, 0.1) is 0 Å². The molecule has 0 amide bonds. The molecule has 0 aliphatic carbocycles. The second kappa shape index (κ2) is 11.4. The Morgan fingerprint density at radius 3 is 2.34 bits per heavy atom. The molecule has 3 aromatic rings. The van der Waals surface area contributed by atoms with Crippen LogP contribution >= 0.6 is 0 Å². The number of methoxy groups -OCH3 is 1. The summed E-state index contributed by atoms with van der Waals surface area (Å²) >= 11 is 0. The largest absolute Gasteiger partial charge is 0.493 e. The second-order valence-electron chi connectivity index (χ2n) is 6.68. The molecule has 0 heterocycles. The molecule has 0 fully saturated rings. The lowest BCUT2D eigenvalue weighted by Gasteiger charge is -2.09. The highest BCUT2D eigenvalue weighted by Gasteiger charge is 2.09. The van der Waals surface area contributed by atoms with E-state index in [4.69, 9.17) is 18.9 Å². The predicted molar refractivity (Wildman–Crippen MR) is 121 cm³/mol. The Balaban J connectivity index is 1.54. The van der Waals surface area contributed by atoms with Crippen molar-refractivity contribution in [3.63, 3.8) is 0 Å². The summed E-state index contributed by atoms with van der Waals surface area (Å²) in [6, 6.07) is 21.0. The maximum atomic E-state index is 12.2. The highest BCUT2D eigenvalue weighted by molar-refractivity contribution is 5.90. The van der Waals surface area contributed by atoms with Crippen LogP contribution in [-0.2, 0) is 16.1 Å². The van der Waals surface area contributed by atoms with E-state index in [1.54, 1.807) is 49.6 Å². The maximum Gasteiger partial charge on any atom is 0.338 e. The first-order valence-electron chi connectivity index (χ1n) is 10.1. The Morgan fingerprint density at radius 2 is 1.66 bits per heavy atom. The number of ether oxygens (including phenoxy) is 4. The highest BCUT2D eigenvalue weighted by Crippen LogP contribution is 2.28. The topological polar surface area (TPSA) is 71.1 Å². The average Bonchev–Trinajstić information content (AvgIpc) is 2.83. The van der Waals surface area contributed by atoms with Crippen molar-refractivity contribution in [1.82, 2.24) is 0 Å². The molecule has 0 saturated heterocycles. The standard InChI is InChI=1S/C26H24O6/c1-3-30-23-15-9-19(17-24(23)29-2)10-16-25(27)32-22-13-11-21(12-14-22)26(28)31-18-20-7-5-4-6-8-20/h4-17H,3,18H2,1-2H3. The van der Waals surface area contributed by atoms with E-state index in [0.717, 1.165) is 11.1 Å². The SMILES string of the molecule is CCOc1ccc(C=CC(=O)Oc2ccc(C(=O)OCc3ccccc3)cc2)cc1OC. The van der Waals surface area contributed by atoms with Crippen LogP contribution in [-0.4, -0.2) is 25.7 Å². The van der Waals surface area contributed by atoms with Crippen LogP contribution in [0.5, 0.6) is 17.2 Å². The molecule has 164 valence electrons. The lowest BCUT2D eigenvalue weighted by Crippen LogP contribution is -2.06. The van der Waals surface area contributed by atoms with Crippen molar-refractivity contribution in [2.24, 2.45) is 0 Å². The van der Waals surface area contributed by atoms with Gasteiger partial charge in [0.25, 0.3) is 0 Å². The van der Waals surface area contributed by atoms with Gasteiger partial charge in [0.1, 0.15) is 12.4 Å². The van der Waals surface area contributed by atoms with Gasteiger partial charge < -0.3 is 18.9 Å². The quantitative estimate of drug-likeness (QED) is 0.267. The van der Waals surface area contributed by atoms with Crippen molar-refractivity contribution >= 4 is 18.0 Å². The first-order valence-corrected chi connectivity index (χ1v) is 10.1. The van der Waals surface area contributed by atoms with Crippen LogP contribution in [0.4, 0.5) is 0 Å². The van der Waals surface area contributed by atoms with Gasteiger partial charge in [-0.1, -0.05) is 36.4 Å². The molecule has 3 aromatic carbocycles. The van der Waals surface area contributed by atoms with Gasteiger partial charge in [-0.25, -0.2) is 9.59 Å². The number of carbonyl (C=O) groups is 2. The highest BCUT2D eigenvalue weighted by atomic mass is 16.5. The van der Waals surface area contributed by atoms with Gasteiger partial charge in [-0.15, -0.1) is 0 Å². The van der Waals surface area contributed by atoms with Crippen molar-refractivity contribution in [3.05, 3.63) is 95.6 Å². The third-order valence-electron chi connectivity index (χ3n) is 4.42. The van der Waals surface area contributed by atoms with E-state index in [-0.39, 0.29) is 6.61 Å². The Kier molecular flexibility index (Phi) is 8.03. The van der Waals surface area contributed by atoms with E-state index < -0.39 is 11.9 Å². The summed E-state index contributed by atoms with van der Waals surface area (Å²) in [7, 11) is 1.56. The Labute approximate surface area is 187 Å². The van der Waals surface area contributed by atoms with E-state index in [1.807, 2.05) is 43.3 Å². The van der Waals surface area contributed by atoms with Gasteiger partial charge in [-0.05, 0) is 60.5 Å². The normalized spacial score (nSPS) is 10.6. The van der Waals surface area contributed by atoms with Gasteiger partial charge in [0, 0.05) is 6.08 Å². The molecule has 6 heteroatoms. The third kappa shape index (κ3) is 6.47. The van der Waals surface area contributed by atoms with Crippen LogP contribution in [0.25, 0.3) is 6.08 Å². The number of hydrogen-bond acceptors (Lipinski definition) is 6. The fraction of sp³-hybridized carbons (Fsp3) is 0.154. The van der Waals surface area contributed by atoms with Crippen molar-refractivity contribution in [2.45, 2.75) is 13.5 Å². The van der Waals surface area contributed by atoms with Crippen LogP contribution in [0.3, 0.4) is 0 Å². The minimum Gasteiger partial charge on any atom is -0.493 e. The molecule has 0 atom stereocenters. The van der Waals surface area contributed by atoms with Crippen molar-refractivity contribution < 1.29 is 28.5 Å². The lowest BCUT2D eigenvalue weighted by molar-refractivity contribution is -0.128. The molecule has 32 heavy (non-hydrogen) atoms. The molecule has 0 spiro atoms. The number of carbonyl (C=O) groups excluding carboxylic acids is 2. The summed E-state index contributed by atoms with van der Waals surface area (Å²) in [5.74, 6) is 0.547. The van der Waals surface area contributed by atoms with Gasteiger partial charge in [-0.2, -0.15) is 0 Å². The van der Waals surface area contributed by atoms with Crippen molar-refractivity contribution in [3.8, 4) is 17.2 Å². The number of rotatable bonds is 9. The monoisotopic (exact) mass is 432 g/mol. The minimum absolute atomic E-state index is 0.192. The van der Waals surface area contributed by atoms with Gasteiger partial charge in [0.05, 0.1) is 19.3 Å². The zero-order chi connectivity index (χ0) is 22.8. The summed E-state index contributed by atoms with van der Waals surface area (Å²) in [5.41, 5.74) is 2.04. The lowest BCUT2D eigenvalue weighted by atomic mass is 10.2. The summed E-state index contributed by atoms with van der Waals surface area (Å²) in [5, 5.41) is 0. The van der Waals surface area contributed by atoms with Gasteiger partial charge in [0.2, 0.25) is 0 Å². The summed E-state index contributed by atoms with van der Waals surface area (Å²) in [6.45, 7) is 2.61. The molecule has 0 aromatic heterocycles. The zero-order valence-electron chi connectivity index (χ0n) is 17.9. The molecule has 0 aliphatic rings. The van der Waals surface area contributed by atoms with Gasteiger partial charge in [-0.3, -0.25) is 0 Å². The molecule has 0 saturated carbocycles. The Morgan fingerprint density at radius 1 is 0.906 bits per heavy atom. The zero-order valence-corrected chi connectivity index (χ0v) is 17.9. The number of esters is 2. The molecule has 0 radical (unpaired) electrons. The van der Waals surface area contributed by atoms with E-state index >= 15 is 0 Å². The molecule has 0 aliphatic heterocycles. The predicted octanol–water partition coefficient (Wildman–Crippen LogP) is 5.07. The summed E-state index contributed by atoms with van der Waals surface area (Å²) < 4.78 is 21.4. The van der Waals surface area contributed by atoms with E-state index in [0.29, 0.717) is 29.4 Å². The van der Waals surface area contributed by atoms with E-state index in [9.17, 15) is 9.59 Å². The second-order valence-corrected chi connectivity index (χ2v) is 6.68. The fourth-order valence-corrected chi connectivity index (χ4v) is 2.84. The summed E-state index contributed by atoms with van der Waals surface area (Å²) in [6.07, 6.45) is 2.94. The van der Waals surface area contributed by atoms with Crippen LogP contribution < -0.4 is 14.2 Å². The molecular formula is C26H24O6. The Hall–Kier alpha value is -4.06. The number of hydrogen-bond donors (Lipinski definition) is 0. The van der Waals surface area contributed by atoms with E-state index in [2.05, 4.69) is 0 Å². The Bertz CT molecular complexity index is 1070. The van der Waals surface area contributed by atoms with Crippen LogP contribution in [0.2, 0.25) is 0 Å². The minimum atomic E-state index is -0.544. The molecule has 3 rings (SSSR count). The van der Waals surface area contributed by atoms with Crippen LogP contribution in [0.1, 0.15) is 28.4 Å². The third-order valence-corrected chi connectivity index (χ3v) is 4.42. The molecule has 0 unspecified atom stereocenters. The molecule has 6 nitrogen and oxygen atoms in total. The first-order chi connectivity index (χ1) is 15.6. The smallest absolute Gasteiger partial charge is 0.338 e. The molecule has 0 N–H and O–H groups in total. The van der Waals surface area contributed by atoms with Crippen LogP contribution in [0.15, 0.2) is 78.9 Å². The van der Waals surface area contributed by atoms with E-state index in [1.165, 1.54) is 6.08 Å².